The molecule has 140 valence electrons. The number of nitrogens with one attached hydrogen (secondary N) is 1. The highest BCUT2D eigenvalue weighted by molar-refractivity contribution is 8.00. The van der Waals surface area contributed by atoms with Gasteiger partial charge in [-0.05, 0) is 37.6 Å². The van der Waals surface area contributed by atoms with Crippen molar-refractivity contribution >= 4 is 23.4 Å². The molecule has 0 aliphatic heterocycles. The van der Waals surface area contributed by atoms with E-state index in [2.05, 4.69) is 10.3 Å². The van der Waals surface area contributed by atoms with E-state index in [-0.39, 0.29) is 5.56 Å². The summed E-state index contributed by atoms with van der Waals surface area (Å²) in [5, 5.41) is 12.0. The van der Waals surface area contributed by atoms with Gasteiger partial charge in [-0.3, -0.25) is 14.2 Å². The van der Waals surface area contributed by atoms with Gasteiger partial charge in [0.25, 0.3) is 5.56 Å². The summed E-state index contributed by atoms with van der Waals surface area (Å²) < 4.78 is 1.70. The van der Waals surface area contributed by atoms with E-state index >= 15 is 0 Å². The van der Waals surface area contributed by atoms with Gasteiger partial charge in [0.15, 0.2) is 0 Å². The Bertz CT molecular complexity index is 803. The van der Waals surface area contributed by atoms with Gasteiger partial charge in [-0.15, -0.1) is 11.8 Å². The second-order valence-corrected chi connectivity index (χ2v) is 7.24. The highest BCUT2D eigenvalue weighted by Gasteiger charge is 2.16. The van der Waals surface area contributed by atoms with Gasteiger partial charge >= 0.3 is 5.97 Å². The first-order chi connectivity index (χ1) is 12.4. The number of carboxylic acid groups (broad SMARTS) is 1. The minimum atomic E-state index is -0.788. The second kappa shape index (κ2) is 9.43. The maximum atomic E-state index is 12.1. The molecule has 0 amide bonds. The number of hydrogen-bond acceptors (Lipinski definition) is 5. The molecule has 0 aliphatic rings. The van der Waals surface area contributed by atoms with E-state index in [1.807, 2.05) is 45.0 Å². The molecule has 26 heavy (non-hydrogen) atoms. The number of aromatic nitrogens is 2. The van der Waals surface area contributed by atoms with Crippen molar-refractivity contribution in [1.29, 1.82) is 0 Å². The molecule has 1 heterocycles. The molecular formula is C19H25N3O3S. The van der Waals surface area contributed by atoms with Crippen LogP contribution in [-0.2, 0) is 17.8 Å². The van der Waals surface area contributed by atoms with E-state index in [0.717, 1.165) is 22.1 Å². The van der Waals surface area contributed by atoms with E-state index in [9.17, 15) is 9.59 Å². The Morgan fingerprint density at radius 3 is 2.58 bits per heavy atom. The molecule has 0 fully saturated rings. The van der Waals surface area contributed by atoms with E-state index < -0.39 is 11.2 Å². The Morgan fingerprint density at radius 1 is 1.31 bits per heavy atom. The fourth-order valence-corrected chi connectivity index (χ4v) is 3.51. The second-order valence-electron chi connectivity index (χ2n) is 5.96. The van der Waals surface area contributed by atoms with Gasteiger partial charge in [-0.1, -0.05) is 13.8 Å². The third-order valence-electron chi connectivity index (χ3n) is 3.98. The SMILES string of the molecule is CCc1nc(C)cc(=O)n1CCNc1ccc(SC(CC)C(=O)O)cc1. The van der Waals surface area contributed by atoms with E-state index in [4.69, 9.17) is 5.11 Å². The van der Waals surface area contributed by atoms with Crippen LogP contribution in [0.4, 0.5) is 5.69 Å². The lowest BCUT2D eigenvalue weighted by atomic mass is 10.3. The molecule has 0 spiro atoms. The van der Waals surface area contributed by atoms with Gasteiger partial charge in [0.2, 0.25) is 0 Å². The maximum Gasteiger partial charge on any atom is 0.316 e. The van der Waals surface area contributed by atoms with Crippen LogP contribution < -0.4 is 10.9 Å². The standard InChI is InChI=1S/C19H25N3O3S/c1-4-16(19(24)25)26-15-8-6-14(7-9-15)20-10-11-22-17(5-2)21-13(3)12-18(22)23/h6-9,12,16,20H,4-5,10-11H2,1-3H3,(H,24,25). The average Bonchev–Trinajstić information content (AvgIpc) is 2.61. The lowest BCUT2D eigenvalue weighted by Crippen LogP contribution is -2.27. The number of aliphatic carboxylic acids is 1. The molecule has 2 N–H and O–H groups in total. The highest BCUT2D eigenvalue weighted by Crippen LogP contribution is 2.26. The lowest BCUT2D eigenvalue weighted by Gasteiger charge is -2.13. The van der Waals surface area contributed by atoms with Crippen molar-refractivity contribution in [2.24, 2.45) is 0 Å². The fourth-order valence-electron chi connectivity index (χ4n) is 2.63. The first-order valence-corrected chi connectivity index (χ1v) is 9.63. The molecule has 1 aromatic heterocycles. The van der Waals surface area contributed by atoms with Gasteiger partial charge in [-0.25, -0.2) is 4.98 Å². The highest BCUT2D eigenvalue weighted by atomic mass is 32.2. The zero-order chi connectivity index (χ0) is 19.1. The summed E-state index contributed by atoms with van der Waals surface area (Å²) in [5.74, 6) is 0.00593. The fraction of sp³-hybridized carbons (Fsp3) is 0.421. The van der Waals surface area contributed by atoms with Gasteiger partial charge in [0, 0.05) is 41.9 Å². The van der Waals surface area contributed by atoms with Crippen LogP contribution in [0.5, 0.6) is 0 Å². The van der Waals surface area contributed by atoms with Crippen molar-refractivity contribution in [1.82, 2.24) is 9.55 Å². The van der Waals surface area contributed by atoms with E-state index in [0.29, 0.717) is 25.9 Å². The number of carbonyl (C=O) groups is 1. The topological polar surface area (TPSA) is 84.2 Å². The van der Waals surface area contributed by atoms with Crippen molar-refractivity contribution in [3.63, 3.8) is 0 Å². The minimum absolute atomic E-state index is 0.0258. The van der Waals surface area contributed by atoms with Crippen LogP contribution in [0, 0.1) is 6.92 Å². The van der Waals surface area contributed by atoms with Gasteiger partial charge < -0.3 is 10.4 Å². The third kappa shape index (κ3) is 5.36. The summed E-state index contributed by atoms with van der Waals surface area (Å²) in [6.45, 7) is 6.84. The van der Waals surface area contributed by atoms with Gasteiger partial charge in [0.05, 0.1) is 0 Å². The Labute approximate surface area is 157 Å². The maximum absolute atomic E-state index is 12.1. The minimum Gasteiger partial charge on any atom is -0.480 e. The van der Waals surface area contributed by atoms with Gasteiger partial charge in [-0.2, -0.15) is 0 Å². The van der Waals surface area contributed by atoms with E-state index in [1.165, 1.54) is 11.8 Å². The first kappa shape index (κ1) is 20.0. The first-order valence-electron chi connectivity index (χ1n) is 8.75. The van der Waals surface area contributed by atoms with Crippen LogP contribution in [0.25, 0.3) is 0 Å². The monoisotopic (exact) mass is 375 g/mol. The van der Waals surface area contributed by atoms with Crippen LogP contribution in [0.15, 0.2) is 40.0 Å². The van der Waals surface area contributed by atoms with Gasteiger partial charge in [0.1, 0.15) is 11.1 Å². The third-order valence-corrected chi connectivity index (χ3v) is 5.34. The number of nitrogens with zero attached hydrogens (tertiary/aromatic N) is 2. The zero-order valence-corrected chi connectivity index (χ0v) is 16.2. The average molecular weight is 375 g/mol. The lowest BCUT2D eigenvalue weighted by molar-refractivity contribution is -0.136. The molecule has 0 bridgehead atoms. The van der Waals surface area contributed by atoms with Crippen LogP contribution in [0.3, 0.4) is 0 Å². The van der Waals surface area contributed by atoms with Crippen LogP contribution in [0.1, 0.15) is 31.8 Å². The molecule has 0 saturated carbocycles. The Morgan fingerprint density at radius 2 is 2.00 bits per heavy atom. The molecule has 0 radical (unpaired) electrons. The molecule has 0 aliphatic carbocycles. The number of thioether (sulfide) groups is 1. The molecule has 7 heteroatoms. The predicted molar refractivity (Wildman–Crippen MR) is 105 cm³/mol. The number of rotatable bonds is 9. The van der Waals surface area contributed by atoms with Crippen LogP contribution >= 0.6 is 11.8 Å². The van der Waals surface area contributed by atoms with Crippen molar-refractivity contribution in [2.45, 2.75) is 50.3 Å². The molecule has 2 aromatic rings. The molecule has 2 rings (SSSR count). The summed E-state index contributed by atoms with van der Waals surface area (Å²) in [6, 6.07) is 9.23. The molecule has 1 unspecified atom stereocenters. The Hall–Kier alpha value is -2.28. The van der Waals surface area contributed by atoms with E-state index in [1.54, 1.807) is 10.6 Å². The number of hydrogen-bond donors (Lipinski definition) is 2. The quantitative estimate of drug-likeness (QED) is 0.655. The summed E-state index contributed by atoms with van der Waals surface area (Å²) in [5.41, 5.74) is 1.65. The summed E-state index contributed by atoms with van der Waals surface area (Å²) in [7, 11) is 0. The molecule has 1 atom stereocenters. The number of benzene rings is 1. The predicted octanol–water partition coefficient (Wildman–Crippen LogP) is 3.18. The molecule has 0 saturated heterocycles. The number of carboxylic acids is 1. The van der Waals surface area contributed by atoms with Crippen molar-refractivity contribution < 1.29 is 9.90 Å². The largest absolute Gasteiger partial charge is 0.480 e. The number of aryl methyl sites for hydroxylation is 2. The summed E-state index contributed by atoms with van der Waals surface area (Å²) in [6.07, 6.45) is 1.30. The zero-order valence-electron chi connectivity index (χ0n) is 15.4. The smallest absolute Gasteiger partial charge is 0.316 e. The van der Waals surface area contributed by atoms with Crippen LogP contribution in [-0.4, -0.2) is 32.4 Å². The Kier molecular flexibility index (Phi) is 7.26. The molecule has 1 aromatic carbocycles. The molecular weight excluding hydrogens is 350 g/mol. The summed E-state index contributed by atoms with van der Waals surface area (Å²) in [4.78, 5) is 28.6. The van der Waals surface area contributed by atoms with Crippen molar-refractivity contribution in [3.8, 4) is 0 Å². The Balaban J connectivity index is 1.95. The summed E-state index contributed by atoms with van der Waals surface area (Å²) >= 11 is 1.35. The molecule has 6 nitrogen and oxygen atoms in total. The van der Waals surface area contributed by atoms with Crippen molar-refractivity contribution in [3.05, 3.63) is 52.2 Å². The normalized spacial score (nSPS) is 12.0. The number of anilines is 1. The van der Waals surface area contributed by atoms with Crippen LogP contribution in [0.2, 0.25) is 0 Å². The van der Waals surface area contributed by atoms with Crippen molar-refractivity contribution in [2.75, 3.05) is 11.9 Å².